The lowest BCUT2D eigenvalue weighted by Crippen LogP contribution is -2.58. The average Bonchev–Trinajstić information content (AvgIpc) is 3.42. The zero-order chi connectivity index (χ0) is 22.7. The third-order valence-electron chi connectivity index (χ3n) is 11.8. The summed E-state index contributed by atoms with van der Waals surface area (Å²) in [6.45, 7) is 9.17. The van der Waals surface area contributed by atoms with Gasteiger partial charge in [0.2, 0.25) is 5.91 Å². The fraction of sp³-hybridized carbons (Fsp3) is 0.964. The van der Waals surface area contributed by atoms with E-state index in [1.807, 2.05) is 0 Å². The predicted molar refractivity (Wildman–Crippen MR) is 127 cm³/mol. The van der Waals surface area contributed by atoms with E-state index in [0.717, 1.165) is 64.0 Å². The van der Waals surface area contributed by atoms with Gasteiger partial charge >= 0.3 is 0 Å². The summed E-state index contributed by atoms with van der Waals surface area (Å²) in [6.07, 6.45) is 12.7. The lowest BCUT2D eigenvalue weighted by atomic mass is 9.43. The zero-order valence-electron chi connectivity index (χ0n) is 20.8. The summed E-state index contributed by atoms with van der Waals surface area (Å²) < 4.78 is 0. The normalized spacial score (nSPS) is 49.3. The average molecular weight is 446 g/mol. The molecule has 10 unspecified atom stereocenters. The summed E-state index contributed by atoms with van der Waals surface area (Å²) in [4.78, 5) is 14.7. The van der Waals surface area contributed by atoms with Crippen molar-refractivity contribution in [3.05, 3.63) is 0 Å². The summed E-state index contributed by atoms with van der Waals surface area (Å²) in [6, 6.07) is 0. The largest absolute Gasteiger partial charge is 0.393 e. The second-order valence-corrected chi connectivity index (χ2v) is 13.0. The molecule has 2 N–H and O–H groups in total. The van der Waals surface area contributed by atoms with Crippen LogP contribution in [0.25, 0.3) is 0 Å². The summed E-state index contributed by atoms with van der Waals surface area (Å²) in [5.74, 6) is 4.01. The van der Waals surface area contributed by atoms with Crippen LogP contribution in [0.1, 0.15) is 97.8 Å². The molecule has 182 valence electrons. The third kappa shape index (κ3) is 3.58. The Morgan fingerprint density at radius 1 is 1.00 bits per heavy atom. The van der Waals surface area contributed by atoms with Crippen molar-refractivity contribution in [3.8, 4) is 0 Å². The van der Waals surface area contributed by atoms with Gasteiger partial charge in [-0.25, -0.2) is 0 Å². The van der Waals surface area contributed by atoms with E-state index in [-0.39, 0.29) is 17.6 Å². The Labute approximate surface area is 195 Å². The van der Waals surface area contributed by atoms with E-state index in [1.54, 1.807) is 0 Å². The molecule has 5 fully saturated rings. The molecular formula is C28H47NO3. The molecule has 5 aliphatic rings. The second kappa shape index (κ2) is 8.56. The van der Waals surface area contributed by atoms with Crippen molar-refractivity contribution in [2.45, 2.75) is 110 Å². The minimum atomic E-state index is -0.222. The van der Waals surface area contributed by atoms with E-state index < -0.39 is 0 Å². The molecule has 1 aliphatic heterocycles. The quantitative estimate of drug-likeness (QED) is 0.639. The topological polar surface area (TPSA) is 60.8 Å². The van der Waals surface area contributed by atoms with Crippen LogP contribution in [0, 0.1) is 46.3 Å². The van der Waals surface area contributed by atoms with Gasteiger partial charge in [-0.05, 0) is 117 Å². The molecule has 0 spiro atoms. The van der Waals surface area contributed by atoms with Crippen molar-refractivity contribution >= 4 is 5.91 Å². The standard InChI is InChI=1S/C28H47NO3/c1-18(6-11-26(32)29-14-4-5-15-29)22-9-10-23-21-8-7-19-16-20(30)12-13-27(19,2)24(21)17-25(31)28(22,23)3/h18-25,30-31H,4-17H2,1-3H3. The second-order valence-electron chi connectivity index (χ2n) is 13.0. The first-order valence-electron chi connectivity index (χ1n) is 13.9. The van der Waals surface area contributed by atoms with Crippen LogP contribution < -0.4 is 0 Å². The van der Waals surface area contributed by atoms with E-state index >= 15 is 0 Å². The van der Waals surface area contributed by atoms with Crippen molar-refractivity contribution in [1.82, 2.24) is 4.90 Å². The highest BCUT2D eigenvalue weighted by molar-refractivity contribution is 5.76. The molecule has 0 aromatic rings. The number of hydrogen-bond acceptors (Lipinski definition) is 3. The number of carbonyl (C=O) groups excluding carboxylic acids is 1. The number of nitrogens with zero attached hydrogens (tertiary/aromatic N) is 1. The summed E-state index contributed by atoms with van der Waals surface area (Å²) in [7, 11) is 0. The number of hydrogen-bond donors (Lipinski definition) is 2. The third-order valence-corrected chi connectivity index (χ3v) is 11.8. The molecule has 0 aromatic heterocycles. The molecule has 4 nitrogen and oxygen atoms in total. The highest BCUT2D eigenvalue weighted by Gasteiger charge is 2.63. The summed E-state index contributed by atoms with van der Waals surface area (Å²) >= 11 is 0. The van der Waals surface area contributed by atoms with Crippen molar-refractivity contribution in [2.24, 2.45) is 46.3 Å². The minimum absolute atomic E-state index is 0.00858. The number of carbonyl (C=O) groups is 1. The number of rotatable bonds is 4. The molecule has 1 amide bonds. The van der Waals surface area contributed by atoms with Gasteiger partial charge in [-0.15, -0.1) is 0 Å². The molecule has 32 heavy (non-hydrogen) atoms. The van der Waals surface area contributed by atoms with Gasteiger partial charge < -0.3 is 15.1 Å². The summed E-state index contributed by atoms with van der Waals surface area (Å²) in [5, 5.41) is 22.0. The number of fused-ring (bicyclic) bond motifs is 5. The Hall–Kier alpha value is -0.610. The Balaban J connectivity index is 1.29. The highest BCUT2D eigenvalue weighted by Crippen LogP contribution is 2.68. The van der Waals surface area contributed by atoms with Gasteiger partial charge in [0, 0.05) is 19.5 Å². The molecule has 0 bridgehead atoms. The SMILES string of the molecule is CC(CCC(=O)N1CCCC1)C1CCC2C3CCC4CC(O)CCC4(C)C3CC(O)C12C. The summed E-state index contributed by atoms with van der Waals surface area (Å²) in [5.41, 5.74) is 0.310. The molecular weight excluding hydrogens is 398 g/mol. The van der Waals surface area contributed by atoms with Gasteiger partial charge in [-0.3, -0.25) is 4.79 Å². The predicted octanol–water partition coefficient (Wildman–Crippen LogP) is 5.02. The first-order valence-corrected chi connectivity index (χ1v) is 13.9. The van der Waals surface area contributed by atoms with Crippen LogP contribution in [-0.4, -0.2) is 46.3 Å². The van der Waals surface area contributed by atoms with E-state index in [1.165, 1.54) is 25.7 Å². The van der Waals surface area contributed by atoms with Crippen LogP contribution in [0.15, 0.2) is 0 Å². The molecule has 10 atom stereocenters. The van der Waals surface area contributed by atoms with Crippen LogP contribution in [-0.2, 0) is 4.79 Å². The van der Waals surface area contributed by atoms with Crippen LogP contribution in [0.4, 0.5) is 0 Å². The van der Waals surface area contributed by atoms with Crippen molar-refractivity contribution in [2.75, 3.05) is 13.1 Å². The molecule has 4 aliphatic carbocycles. The van der Waals surface area contributed by atoms with Crippen molar-refractivity contribution < 1.29 is 15.0 Å². The lowest BCUT2D eigenvalue weighted by molar-refractivity contribution is -0.175. The maximum absolute atomic E-state index is 12.6. The van der Waals surface area contributed by atoms with E-state index in [2.05, 4.69) is 25.7 Å². The monoisotopic (exact) mass is 445 g/mol. The number of aliphatic hydroxyl groups excluding tert-OH is 2. The van der Waals surface area contributed by atoms with Crippen LogP contribution in [0.3, 0.4) is 0 Å². The van der Waals surface area contributed by atoms with Gasteiger partial charge in [0.25, 0.3) is 0 Å². The first kappa shape index (κ1) is 23.1. The number of aliphatic hydroxyl groups is 2. The molecule has 4 heteroatoms. The number of amides is 1. The Kier molecular flexibility index (Phi) is 6.19. The number of likely N-dealkylation sites (tertiary alicyclic amines) is 1. The molecule has 0 aromatic carbocycles. The van der Waals surface area contributed by atoms with Gasteiger partial charge in [0.05, 0.1) is 12.2 Å². The highest BCUT2D eigenvalue weighted by atomic mass is 16.3. The molecule has 5 rings (SSSR count). The zero-order valence-corrected chi connectivity index (χ0v) is 20.8. The molecule has 1 saturated heterocycles. The molecule has 4 saturated carbocycles. The van der Waals surface area contributed by atoms with E-state index in [0.29, 0.717) is 47.3 Å². The maximum atomic E-state index is 12.6. The minimum Gasteiger partial charge on any atom is -0.393 e. The molecule has 1 heterocycles. The van der Waals surface area contributed by atoms with Crippen molar-refractivity contribution in [1.29, 1.82) is 0 Å². The fourth-order valence-corrected chi connectivity index (χ4v) is 9.84. The Morgan fingerprint density at radius 3 is 2.50 bits per heavy atom. The van der Waals surface area contributed by atoms with Crippen LogP contribution in [0.2, 0.25) is 0 Å². The lowest BCUT2D eigenvalue weighted by Gasteiger charge is -2.62. The van der Waals surface area contributed by atoms with E-state index in [9.17, 15) is 15.0 Å². The Bertz CT molecular complexity index is 705. The van der Waals surface area contributed by atoms with Crippen LogP contribution >= 0.6 is 0 Å². The Morgan fingerprint density at radius 2 is 1.75 bits per heavy atom. The van der Waals surface area contributed by atoms with Gasteiger partial charge in [-0.2, -0.15) is 0 Å². The molecule has 0 radical (unpaired) electrons. The van der Waals surface area contributed by atoms with Gasteiger partial charge in [-0.1, -0.05) is 20.8 Å². The van der Waals surface area contributed by atoms with Crippen LogP contribution in [0.5, 0.6) is 0 Å². The van der Waals surface area contributed by atoms with Crippen molar-refractivity contribution in [3.63, 3.8) is 0 Å². The fourth-order valence-electron chi connectivity index (χ4n) is 9.84. The van der Waals surface area contributed by atoms with Gasteiger partial charge in [0.1, 0.15) is 0 Å². The smallest absolute Gasteiger partial charge is 0.222 e. The maximum Gasteiger partial charge on any atom is 0.222 e. The first-order chi connectivity index (χ1) is 15.2. The van der Waals surface area contributed by atoms with E-state index in [4.69, 9.17) is 0 Å². The van der Waals surface area contributed by atoms with Gasteiger partial charge in [0.15, 0.2) is 0 Å².